The zero-order valence-electron chi connectivity index (χ0n) is 11.0. The van der Waals surface area contributed by atoms with Crippen LogP contribution in [0.25, 0.3) is 0 Å². The van der Waals surface area contributed by atoms with Gasteiger partial charge in [0.25, 0.3) is 0 Å². The van der Waals surface area contributed by atoms with Crippen molar-refractivity contribution in [1.29, 1.82) is 0 Å². The summed E-state index contributed by atoms with van der Waals surface area (Å²) in [5, 5.41) is 1.02. The lowest BCUT2D eigenvalue weighted by Gasteiger charge is -2.08. The van der Waals surface area contributed by atoms with Gasteiger partial charge in [0, 0.05) is 0 Å². The third-order valence-electron chi connectivity index (χ3n) is 3.01. The minimum Gasteiger partial charge on any atom is -0.476 e. The highest BCUT2D eigenvalue weighted by molar-refractivity contribution is 7.99. The lowest BCUT2D eigenvalue weighted by molar-refractivity contribution is 0.288. The third kappa shape index (κ3) is 4.41. The van der Waals surface area contributed by atoms with Crippen LogP contribution >= 0.6 is 11.8 Å². The number of thioether (sulfide) groups is 1. The van der Waals surface area contributed by atoms with E-state index in [1.807, 2.05) is 12.1 Å². The molecule has 0 unspecified atom stereocenters. The molecular weight excluding hydrogens is 244 g/mol. The molecule has 2 N–H and O–H groups in total. The molecule has 0 aliphatic heterocycles. The van der Waals surface area contributed by atoms with E-state index in [4.69, 9.17) is 10.5 Å². The summed E-state index contributed by atoms with van der Waals surface area (Å²) in [5.41, 5.74) is 6.52. The largest absolute Gasteiger partial charge is 0.476 e. The lowest BCUT2D eigenvalue weighted by atomic mass is 10.3. The van der Waals surface area contributed by atoms with E-state index in [1.54, 1.807) is 11.8 Å². The van der Waals surface area contributed by atoms with E-state index in [0.29, 0.717) is 11.6 Å². The van der Waals surface area contributed by atoms with Crippen LogP contribution in [0.15, 0.2) is 17.2 Å². The summed E-state index contributed by atoms with van der Waals surface area (Å²) < 4.78 is 5.68. The molecule has 1 aromatic rings. The second-order valence-electron chi connectivity index (χ2n) is 4.85. The number of rotatable bonds is 8. The third-order valence-corrected chi connectivity index (χ3v) is 4.03. The fraction of sp³-hybridized carbons (Fsp3) is 0.643. The molecule has 18 heavy (non-hydrogen) atoms. The molecule has 1 fully saturated rings. The van der Waals surface area contributed by atoms with Crippen molar-refractivity contribution in [2.75, 3.05) is 18.1 Å². The molecule has 1 saturated carbocycles. The van der Waals surface area contributed by atoms with Gasteiger partial charge >= 0.3 is 0 Å². The molecular formula is C14H22N2OS. The molecule has 0 saturated heterocycles. The second kappa shape index (κ2) is 6.88. The molecule has 3 nitrogen and oxygen atoms in total. The predicted octanol–water partition coefficient (Wildman–Crippen LogP) is 3.73. The van der Waals surface area contributed by atoms with E-state index in [2.05, 4.69) is 11.9 Å². The first-order chi connectivity index (χ1) is 8.79. The molecule has 1 aromatic heterocycles. The van der Waals surface area contributed by atoms with E-state index < -0.39 is 0 Å². The molecule has 1 heterocycles. The van der Waals surface area contributed by atoms with Gasteiger partial charge in [-0.2, -0.15) is 0 Å². The first-order valence-corrected chi connectivity index (χ1v) is 7.80. The fourth-order valence-corrected chi connectivity index (χ4v) is 2.51. The van der Waals surface area contributed by atoms with Crippen LogP contribution in [0, 0.1) is 5.92 Å². The molecule has 0 amide bonds. The number of pyridine rings is 1. The molecule has 100 valence electrons. The van der Waals surface area contributed by atoms with Gasteiger partial charge in [0.15, 0.2) is 0 Å². The Morgan fingerprint density at radius 2 is 2.22 bits per heavy atom. The summed E-state index contributed by atoms with van der Waals surface area (Å²) in [6.07, 6.45) is 6.35. The van der Waals surface area contributed by atoms with Crippen LogP contribution in [0.4, 0.5) is 5.69 Å². The SMILES string of the molecule is CCCCCSc1ccc(N)c(OCC2CC2)n1. The molecule has 0 radical (unpaired) electrons. The van der Waals surface area contributed by atoms with E-state index in [-0.39, 0.29) is 0 Å². The van der Waals surface area contributed by atoms with E-state index in [9.17, 15) is 0 Å². The Hall–Kier alpha value is -0.900. The number of hydrogen-bond acceptors (Lipinski definition) is 4. The Kier molecular flexibility index (Phi) is 5.17. The first-order valence-electron chi connectivity index (χ1n) is 6.81. The van der Waals surface area contributed by atoms with Crippen molar-refractivity contribution in [1.82, 2.24) is 4.98 Å². The average Bonchev–Trinajstić information content (AvgIpc) is 3.19. The van der Waals surface area contributed by atoms with Gasteiger partial charge in [0.05, 0.1) is 12.3 Å². The zero-order chi connectivity index (χ0) is 12.8. The fourth-order valence-electron chi connectivity index (χ4n) is 1.64. The summed E-state index contributed by atoms with van der Waals surface area (Å²) in [6, 6.07) is 3.88. The number of nitrogen functional groups attached to an aromatic ring is 1. The van der Waals surface area contributed by atoms with E-state index in [0.717, 1.165) is 23.3 Å². The van der Waals surface area contributed by atoms with Crippen LogP contribution in [0.2, 0.25) is 0 Å². The van der Waals surface area contributed by atoms with Gasteiger partial charge in [-0.1, -0.05) is 19.8 Å². The standard InChI is InChI=1S/C14H22N2OS/c1-2-3-4-9-18-13-8-7-12(15)14(16-13)17-10-11-5-6-11/h7-8,11H,2-6,9-10,15H2,1H3. The Balaban J connectivity index is 1.83. The van der Waals surface area contributed by atoms with Gasteiger partial charge < -0.3 is 10.5 Å². The Labute approximate surface area is 114 Å². The predicted molar refractivity (Wildman–Crippen MR) is 77.1 cm³/mol. The Morgan fingerprint density at radius 1 is 1.39 bits per heavy atom. The number of nitrogens with zero attached hydrogens (tertiary/aromatic N) is 1. The molecule has 0 bridgehead atoms. The summed E-state index contributed by atoms with van der Waals surface area (Å²) in [4.78, 5) is 4.49. The molecule has 4 heteroatoms. The monoisotopic (exact) mass is 266 g/mol. The van der Waals surface area contributed by atoms with Crippen LogP contribution in [0.3, 0.4) is 0 Å². The maximum Gasteiger partial charge on any atom is 0.238 e. The Bertz CT molecular complexity index is 380. The highest BCUT2D eigenvalue weighted by atomic mass is 32.2. The van der Waals surface area contributed by atoms with Crippen molar-refractivity contribution in [3.8, 4) is 5.88 Å². The topological polar surface area (TPSA) is 48.1 Å². The molecule has 2 rings (SSSR count). The first kappa shape index (κ1) is 13.5. The number of anilines is 1. The summed E-state index contributed by atoms with van der Waals surface area (Å²) >= 11 is 1.79. The molecule has 1 aliphatic carbocycles. The maximum absolute atomic E-state index is 5.88. The molecule has 1 aliphatic rings. The number of ether oxygens (including phenoxy) is 1. The smallest absolute Gasteiger partial charge is 0.238 e. The van der Waals surface area contributed by atoms with Gasteiger partial charge in [0.1, 0.15) is 5.03 Å². The molecule has 0 atom stereocenters. The Morgan fingerprint density at radius 3 is 2.94 bits per heavy atom. The van der Waals surface area contributed by atoms with Crippen molar-refractivity contribution in [3.05, 3.63) is 12.1 Å². The van der Waals surface area contributed by atoms with Gasteiger partial charge in [-0.3, -0.25) is 0 Å². The average molecular weight is 266 g/mol. The van der Waals surface area contributed by atoms with Gasteiger partial charge in [0.2, 0.25) is 5.88 Å². The van der Waals surface area contributed by atoms with Crippen molar-refractivity contribution in [2.24, 2.45) is 5.92 Å². The number of unbranched alkanes of at least 4 members (excludes halogenated alkanes) is 2. The highest BCUT2D eigenvalue weighted by Gasteiger charge is 2.22. The minimum absolute atomic E-state index is 0.613. The van der Waals surface area contributed by atoms with Crippen LogP contribution in [-0.2, 0) is 0 Å². The summed E-state index contributed by atoms with van der Waals surface area (Å²) in [7, 11) is 0. The van der Waals surface area contributed by atoms with Crippen molar-refractivity contribution < 1.29 is 4.74 Å². The maximum atomic E-state index is 5.88. The highest BCUT2D eigenvalue weighted by Crippen LogP contribution is 2.31. The van der Waals surface area contributed by atoms with Gasteiger partial charge in [-0.05, 0) is 43.1 Å². The van der Waals surface area contributed by atoms with Crippen LogP contribution < -0.4 is 10.5 Å². The van der Waals surface area contributed by atoms with Crippen LogP contribution in [-0.4, -0.2) is 17.3 Å². The number of nitrogens with two attached hydrogens (primary N) is 1. The van der Waals surface area contributed by atoms with Crippen LogP contribution in [0.1, 0.15) is 39.0 Å². The number of hydrogen-bond donors (Lipinski definition) is 1. The zero-order valence-corrected chi connectivity index (χ0v) is 11.8. The van der Waals surface area contributed by atoms with Gasteiger partial charge in [-0.15, -0.1) is 11.8 Å². The van der Waals surface area contributed by atoms with Crippen molar-refractivity contribution in [3.63, 3.8) is 0 Å². The lowest BCUT2D eigenvalue weighted by Crippen LogP contribution is -2.04. The number of aromatic nitrogens is 1. The van der Waals surface area contributed by atoms with Crippen LogP contribution in [0.5, 0.6) is 5.88 Å². The quantitative estimate of drug-likeness (QED) is 0.575. The summed E-state index contributed by atoms with van der Waals surface area (Å²) in [5.74, 6) is 2.46. The second-order valence-corrected chi connectivity index (χ2v) is 5.97. The minimum atomic E-state index is 0.613. The van der Waals surface area contributed by atoms with E-state index >= 15 is 0 Å². The normalized spacial score (nSPS) is 14.7. The van der Waals surface area contributed by atoms with Gasteiger partial charge in [-0.25, -0.2) is 4.98 Å². The van der Waals surface area contributed by atoms with Crippen molar-refractivity contribution in [2.45, 2.75) is 44.1 Å². The van der Waals surface area contributed by atoms with Crippen molar-refractivity contribution >= 4 is 17.4 Å². The van der Waals surface area contributed by atoms with E-state index in [1.165, 1.54) is 32.1 Å². The summed E-state index contributed by atoms with van der Waals surface area (Å²) in [6.45, 7) is 2.98. The molecule has 0 spiro atoms. The molecule has 0 aromatic carbocycles.